The molecule has 32 heavy (non-hydrogen) atoms. The van der Waals surface area contributed by atoms with Crippen LogP contribution in [0.5, 0.6) is 0 Å². The van der Waals surface area contributed by atoms with Crippen molar-refractivity contribution >= 4 is 13.9 Å². The van der Waals surface area contributed by atoms with Crippen molar-refractivity contribution in [3.8, 4) is 5.75 Å². The Morgan fingerprint density at radius 3 is 1.78 bits per heavy atom. The molecule has 0 aromatic carbocycles. The van der Waals surface area contributed by atoms with E-state index in [4.69, 9.17) is 20.1 Å². The summed E-state index contributed by atoms with van der Waals surface area (Å²) in [6, 6.07) is 0. The van der Waals surface area contributed by atoms with Crippen LogP contribution in [-0.2, 0) is 14.1 Å². The third kappa shape index (κ3) is 27.4. The van der Waals surface area contributed by atoms with E-state index in [2.05, 4.69) is 12.7 Å². The van der Waals surface area contributed by atoms with Gasteiger partial charge in [0, 0.05) is 6.42 Å². The van der Waals surface area contributed by atoms with E-state index >= 15 is 0 Å². The first-order valence-corrected chi connectivity index (χ1v) is 13.1. The molecule has 0 aliphatic carbocycles. The number of nitrogens with zero attached hydrogens (tertiary/aromatic N) is 1. The van der Waals surface area contributed by atoms with Crippen molar-refractivity contribution in [1.82, 2.24) is 0 Å². The van der Waals surface area contributed by atoms with Gasteiger partial charge < -0.3 is 14.9 Å². The van der Waals surface area contributed by atoms with Crippen molar-refractivity contribution in [1.29, 1.82) is 0 Å². The molecule has 0 rings (SSSR count). The molecule has 0 amide bonds. The monoisotopic (exact) mass is 478 g/mol. The zero-order valence-electron chi connectivity index (χ0n) is 20.8. The van der Waals surface area contributed by atoms with Gasteiger partial charge in [-0.3, -0.25) is 4.79 Å². The molecule has 0 saturated heterocycles. The Kier molecular flexibility index (Phi) is 26.1. The number of hydrogen-bond donors (Lipinski definition) is 3. The molecule has 3 N–H and O–H groups in total. The number of aliphatic hydroxyl groups is 3. The summed E-state index contributed by atoms with van der Waals surface area (Å²) in [6.45, 7) is 2.43. The molecular formula is C24H49NO6P+. The number of carbonyl (C=O) groups excluding carboxylic acids is 1. The summed E-state index contributed by atoms with van der Waals surface area (Å²) in [6.07, 6.45) is 16.1. The van der Waals surface area contributed by atoms with Crippen molar-refractivity contribution in [3.05, 3.63) is 0 Å². The van der Waals surface area contributed by atoms with Gasteiger partial charge in [-0.05, 0) is 6.42 Å². The zero-order chi connectivity index (χ0) is 24.5. The number of quaternary nitrogens is 1. The van der Waals surface area contributed by atoms with Crippen LogP contribution in [0.15, 0.2) is 0 Å². The molecule has 1 atom stereocenters. The fourth-order valence-electron chi connectivity index (χ4n) is 3.01. The van der Waals surface area contributed by atoms with Crippen LogP contribution >= 0.6 is 7.92 Å². The van der Waals surface area contributed by atoms with Crippen molar-refractivity contribution < 1.29 is 33.9 Å². The third-order valence-electron chi connectivity index (χ3n) is 5.10. The van der Waals surface area contributed by atoms with Crippen LogP contribution < -0.4 is 0 Å². The van der Waals surface area contributed by atoms with Crippen molar-refractivity contribution in [2.45, 2.75) is 103 Å². The molecule has 0 aliphatic heterocycles. The molecule has 0 spiro atoms. The van der Waals surface area contributed by atoms with E-state index in [0.29, 0.717) is 17.4 Å². The molecule has 0 saturated carbocycles. The van der Waals surface area contributed by atoms with Crippen LogP contribution in [0.3, 0.4) is 0 Å². The van der Waals surface area contributed by atoms with Crippen LogP contribution in [0.2, 0.25) is 0 Å². The van der Waals surface area contributed by atoms with E-state index in [1.54, 1.807) is 0 Å². The maximum absolute atomic E-state index is 11.3. The Bertz CT molecular complexity index is 524. The SMILES string of the molecule is CCCCCCCCCCCCCCCC(=O)OCC(O)CO.C[N+](C)(C#P=O)CCO. The van der Waals surface area contributed by atoms with Crippen LogP contribution in [0.1, 0.15) is 96.8 Å². The first kappa shape index (κ1) is 33.5. The van der Waals surface area contributed by atoms with Crippen molar-refractivity contribution in [3.63, 3.8) is 0 Å². The molecule has 0 radical (unpaired) electrons. The normalized spacial score (nSPS) is 11.8. The maximum atomic E-state index is 11.3. The van der Waals surface area contributed by atoms with Gasteiger partial charge in [0.15, 0.2) is 0 Å². The number of likely N-dealkylation sites (N-methyl/N-ethyl adjacent to an activating group) is 1. The molecule has 190 valence electrons. The molecule has 0 aromatic rings. The van der Waals surface area contributed by atoms with Crippen molar-refractivity contribution in [2.24, 2.45) is 0 Å². The minimum absolute atomic E-state index is 0.0928. The van der Waals surface area contributed by atoms with Gasteiger partial charge in [0.25, 0.3) is 0 Å². The number of aliphatic hydroxyl groups excluding tert-OH is 3. The first-order valence-electron chi connectivity index (χ1n) is 12.3. The first-order chi connectivity index (χ1) is 15.3. The standard InChI is InChI=1S/C19H38O4.C5H11NO2P/c1-2-3-4-5-6-7-8-9-10-11-12-13-14-15-19(22)23-17-18(21)16-20;1-6(2,3-4-7)5-9-8/h18,20-21H,2-17H2,1H3;7H,3-4H2,1-2H3/q;+1. The van der Waals surface area contributed by atoms with E-state index in [-0.39, 0.29) is 33.7 Å². The fraction of sp³-hybridized carbons (Fsp3) is 0.917. The Hall–Kier alpha value is -0.680. The summed E-state index contributed by atoms with van der Waals surface area (Å²) in [5.41, 5.74) is 0. The topological polar surface area (TPSA) is 104 Å². The molecule has 7 nitrogen and oxygen atoms in total. The Morgan fingerprint density at radius 2 is 1.38 bits per heavy atom. The second-order valence-corrected chi connectivity index (χ2v) is 9.22. The second kappa shape index (κ2) is 25.0. The van der Waals surface area contributed by atoms with Gasteiger partial charge in [0.2, 0.25) is 0 Å². The predicted molar refractivity (Wildman–Crippen MR) is 130 cm³/mol. The van der Waals surface area contributed by atoms with Gasteiger partial charge in [-0.25, -0.2) is 0 Å². The number of unbranched alkanes of at least 4 members (excludes halogenated alkanes) is 12. The number of carbonyl (C=O) groups is 1. The molecule has 0 fully saturated rings. The average molecular weight is 479 g/mol. The number of rotatable bonds is 19. The van der Waals surface area contributed by atoms with E-state index in [1.807, 2.05) is 14.1 Å². The van der Waals surface area contributed by atoms with Gasteiger partial charge in [0.1, 0.15) is 12.7 Å². The third-order valence-corrected chi connectivity index (χ3v) is 5.73. The Labute approximate surface area is 197 Å². The molecule has 0 aromatic heterocycles. The second-order valence-electron chi connectivity index (χ2n) is 8.84. The minimum atomic E-state index is -0.953. The van der Waals surface area contributed by atoms with Gasteiger partial charge in [-0.15, -0.1) is 0 Å². The predicted octanol–water partition coefficient (Wildman–Crippen LogP) is 4.63. The van der Waals surface area contributed by atoms with E-state index < -0.39 is 6.10 Å². The van der Waals surface area contributed by atoms with Crippen molar-refractivity contribution in [2.75, 3.05) is 40.5 Å². The molecule has 1 unspecified atom stereocenters. The number of esters is 1. The quantitative estimate of drug-likeness (QED) is 0.108. The van der Waals surface area contributed by atoms with Gasteiger partial charge in [-0.1, -0.05) is 84.0 Å². The number of hydrogen-bond acceptors (Lipinski definition) is 6. The molecule has 0 aliphatic rings. The van der Waals surface area contributed by atoms with Crippen LogP contribution in [0.4, 0.5) is 0 Å². The zero-order valence-corrected chi connectivity index (χ0v) is 21.7. The molecule has 8 heteroatoms. The summed E-state index contributed by atoms with van der Waals surface area (Å²) < 4.78 is 15.2. The summed E-state index contributed by atoms with van der Waals surface area (Å²) in [4.78, 5) is 11.3. The van der Waals surface area contributed by atoms with Crippen LogP contribution in [0.25, 0.3) is 0 Å². The average Bonchev–Trinajstić information content (AvgIpc) is 2.75. The van der Waals surface area contributed by atoms with Gasteiger partial charge in [0.05, 0.1) is 6.61 Å². The summed E-state index contributed by atoms with van der Waals surface area (Å²) in [7, 11) is 3.54. The van der Waals surface area contributed by atoms with Gasteiger partial charge >= 0.3 is 61.0 Å². The van der Waals surface area contributed by atoms with E-state index in [0.717, 1.165) is 12.8 Å². The summed E-state index contributed by atoms with van der Waals surface area (Å²) in [5.74, 6) is 2.34. The van der Waals surface area contributed by atoms with E-state index in [9.17, 15) is 9.36 Å². The Morgan fingerprint density at radius 1 is 0.906 bits per heavy atom. The molecule has 0 bridgehead atoms. The van der Waals surface area contributed by atoms with E-state index in [1.165, 1.54) is 70.6 Å². The number of ether oxygens (including phenoxy) is 1. The molecule has 0 heterocycles. The van der Waals surface area contributed by atoms with Gasteiger partial charge in [-0.2, -0.15) is 0 Å². The summed E-state index contributed by atoms with van der Waals surface area (Å²) >= 11 is 0. The van der Waals surface area contributed by atoms with Crippen LogP contribution in [-0.4, -0.2) is 72.3 Å². The molecular weight excluding hydrogens is 429 g/mol. The summed E-state index contributed by atoms with van der Waals surface area (Å²) in [5, 5.41) is 26.1. The Balaban J connectivity index is 0. The fourth-order valence-corrected chi connectivity index (χ4v) is 3.33. The van der Waals surface area contributed by atoms with Crippen LogP contribution in [0, 0.1) is 5.75 Å².